The summed E-state index contributed by atoms with van der Waals surface area (Å²) < 4.78 is 5.94. The minimum atomic E-state index is -0.115. The van der Waals surface area contributed by atoms with Gasteiger partial charge in [0.25, 0.3) is 5.91 Å². The molecule has 1 N–H and O–H groups in total. The molecule has 0 aliphatic carbocycles. The summed E-state index contributed by atoms with van der Waals surface area (Å²) >= 11 is 3.20. The Labute approximate surface area is 83.4 Å². The highest BCUT2D eigenvalue weighted by molar-refractivity contribution is 9.10. The molecule has 1 aromatic heterocycles. The minimum absolute atomic E-state index is 0.115. The average Bonchev–Trinajstić information content (AvgIpc) is 2.29. The van der Waals surface area contributed by atoms with Gasteiger partial charge < -0.3 is 10.1 Å². The predicted octanol–water partition coefficient (Wildman–Crippen LogP) is 0.966. The number of hydrogen-bond acceptors (Lipinski definition) is 3. The van der Waals surface area contributed by atoms with Crippen LogP contribution in [0.5, 0.6) is 5.75 Å². The molecule has 0 saturated heterocycles. The Morgan fingerprint density at radius 2 is 2.46 bits per heavy atom. The lowest BCUT2D eigenvalue weighted by molar-refractivity contribution is 0.0957. The van der Waals surface area contributed by atoms with Gasteiger partial charge in [-0.3, -0.25) is 4.79 Å². The first kappa shape index (κ1) is 8.50. The van der Waals surface area contributed by atoms with Crippen molar-refractivity contribution in [3.05, 3.63) is 22.4 Å². The highest BCUT2D eigenvalue weighted by Gasteiger charge is 2.16. The average molecular weight is 243 g/mol. The molecule has 1 aliphatic rings. The first-order valence-corrected chi connectivity index (χ1v) is 4.63. The predicted molar refractivity (Wildman–Crippen MR) is 49.8 cm³/mol. The number of nitrogens with zero attached hydrogens (tertiary/aromatic N) is 1. The SMILES string of the molecule is O=C1NCCOc2cnc(Br)cc21. The fraction of sp³-hybridized carbons (Fsp3) is 0.250. The molecule has 0 spiro atoms. The summed E-state index contributed by atoms with van der Waals surface area (Å²) in [5.74, 6) is 0.425. The maximum Gasteiger partial charge on any atom is 0.255 e. The standard InChI is InChI=1S/C8H7BrN2O2/c9-7-3-5-6(4-11-7)13-2-1-10-8(5)12/h3-4H,1-2H2,(H,10,12). The Kier molecular flexibility index (Phi) is 2.18. The quantitative estimate of drug-likeness (QED) is 0.690. The van der Waals surface area contributed by atoms with Gasteiger partial charge >= 0.3 is 0 Å². The van der Waals surface area contributed by atoms with Crippen LogP contribution in [0.25, 0.3) is 0 Å². The monoisotopic (exact) mass is 242 g/mol. The summed E-state index contributed by atoms with van der Waals surface area (Å²) in [5, 5.41) is 2.72. The van der Waals surface area contributed by atoms with Crippen molar-refractivity contribution in [2.24, 2.45) is 0 Å². The summed E-state index contributed by atoms with van der Waals surface area (Å²) in [4.78, 5) is 15.4. The van der Waals surface area contributed by atoms with Gasteiger partial charge in [0.05, 0.1) is 18.3 Å². The molecule has 0 radical (unpaired) electrons. The number of carbonyl (C=O) groups excluding carboxylic acids is 1. The van der Waals surface area contributed by atoms with E-state index in [9.17, 15) is 4.79 Å². The number of carbonyl (C=O) groups is 1. The molecular weight excluding hydrogens is 236 g/mol. The number of pyridine rings is 1. The zero-order valence-electron chi connectivity index (χ0n) is 6.71. The number of fused-ring (bicyclic) bond motifs is 1. The molecule has 4 nitrogen and oxygen atoms in total. The summed E-state index contributed by atoms with van der Waals surface area (Å²) in [5.41, 5.74) is 0.527. The van der Waals surface area contributed by atoms with E-state index >= 15 is 0 Å². The lowest BCUT2D eigenvalue weighted by Gasteiger charge is -2.03. The van der Waals surface area contributed by atoms with E-state index in [2.05, 4.69) is 26.2 Å². The van der Waals surface area contributed by atoms with Gasteiger partial charge in [0, 0.05) is 0 Å². The zero-order valence-corrected chi connectivity index (χ0v) is 8.30. The van der Waals surface area contributed by atoms with Gasteiger partial charge in [0.15, 0.2) is 5.75 Å². The van der Waals surface area contributed by atoms with Gasteiger partial charge in [-0.2, -0.15) is 0 Å². The molecule has 5 heteroatoms. The largest absolute Gasteiger partial charge is 0.489 e. The van der Waals surface area contributed by atoms with Crippen LogP contribution in [0.3, 0.4) is 0 Å². The summed E-state index contributed by atoms with van der Waals surface area (Å²) in [7, 11) is 0. The summed E-state index contributed by atoms with van der Waals surface area (Å²) in [6.45, 7) is 1.02. The molecule has 0 saturated carbocycles. The number of ether oxygens (including phenoxy) is 1. The molecule has 1 amide bonds. The molecule has 0 unspecified atom stereocenters. The molecule has 68 valence electrons. The van der Waals surface area contributed by atoms with E-state index in [0.717, 1.165) is 0 Å². The van der Waals surface area contributed by atoms with Crippen LogP contribution in [0.15, 0.2) is 16.9 Å². The Bertz CT molecular complexity index is 354. The number of rotatable bonds is 0. The van der Waals surface area contributed by atoms with E-state index in [1.807, 2.05) is 0 Å². The highest BCUT2D eigenvalue weighted by Crippen LogP contribution is 2.21. The first-order valence-electron chi connectivity index (χ1n) is 3.84. The van der Waals surface area contributed by atoms with Gasteiger partial charge in [0.1, 0.15) is 11.2 Å². The van der Waals surface area contributed by atoms with Gasteiger partial charge in [-0.05, 0) is 22.0 Å². The fourth-order valence-electron chi connectivity index (χ4n) is 1.13. The second-order valence-corrected chi connectivity index (χ2v) is 3.42. The van der Waals surface area contributed by atoms with Gasteiger partial charge in [-0.1, -0.05) is 0 Å². The van der Waals surface area contributed by atoms with E-state index in [0.29, 0.717) is 29.1 Å². The molecular formula is C8H7BrN2O2. The molecule has 2 rings (SSSR count). The van der Waals surface area contributed by atoms with Crippen molar-refractivity contribution in [1.29, 1.82) is 0 Å². The molecule has 0 bridgehead atoms. The van der Waals surface area contributed by atoms with Crippen LogP contribution in [-0.4, -0.2) is 24.0 Å². The number of nitrogens with one attached hydrogen (secondary N) is 1. The topological polar surface area (TPSA) is 51.2 Å². The van der Waals surface area contributed by atoms with Crippen molar-refractivity contribution in [3.8, 4) is 5.75 Å². The van der Waals surface area contributed by atoms with Gasteiger partial charge in [-0.15, -0.1) is 0 Å². The molecule has 1 aliphatic heterocycles. The fourth-order valence-corrected chi connectivity index (χ4v) is 1.46. The van der Waals surface area contributed by atoms with Crippen molar-refractivity contribution < 1.29 is 9.53 Å². The number of amides is 1. The van der Waals surface area contributed by atoms with Crippen molar-refractivity contribution in [2.75, 3.05) is 13.2 Å². The van der Waals surface area contributed by atoms with Gasteiger partial charge in [0.2, 0.25) is 0 Å². The van der Waals surface area contributed by atoms with Gasteiger partial charge in [-0.25, -0.2) is 4.98 Å². The van der Waals surface area contributed by atoms with Crippen LogP contribution in [0.2, 0.25) is 0 Å². The summed E-state index contributed by atoms with van der Waals surface area (Å²) in [6.07, 6.45) is 1.55. The smallest absolute Gasteiger partial charge is 0.255 e. The molecule has 13 heavy (non-hydrogen) atoms. The maximum atomic E-state index is 11.4. The van der Waals surface area contributed by atoms with Crippen molar-refractivity contribution in [3.63, 3.8) is 0 Å². The van der Waals surface area contributed by atoms with E-state index in [4.69, 9.17) is 4.74 Å². The Balaban J connectivity index is 2.49. The molecule has 0 aromatic carbocycles. The Morgan fingerprint density at radius 1 is 1.62 bits per heavy atom. The highest BCUT2D eigenvalue weighted by atomic mass is 79.9. The third kappa shape index (κ3) is 1.65. The van der Waals surface area contributed by atoms with E-state index in [-0.39, 0.29) is 5.91 Å². The third-order valence-electron chi connectivity index (χ3n) is 1.72. The van der Waals surface area contributed by atoms with Crippen LogP contribution in [0.1, 0.15) is 10.4 Å². The number of aromatic nitrogens is 1. The lowest BCUT2D eigenvalue weighted by Crippen LogP contribution is -2.24. The lowest BCUT2D eigenvalue weighted by atomic mass is 10.2. The van der Waals surface area contributed by atoms with E-state index < -0.39 is 0 Å². The second kappa shape index (κ2) is 3.33. The molecule has 0 fully saturated rings. The van der Waals surface area contributed by atoms with E-state index in [1.165, 1.54) is 0 Å². The Morgan fingerprint density at radius 3 is 3.31 bits per heavy atom. The van der Waals surface area contributed by atoms with Crippen molar-refractivity contribution in [2.45, 2.75) is 0 Å². The van der Waals surface area contributed by atoms with E-state index in [1.54, 1.807) is 12.3 Å². The first-order chi connectivity index (χ1) is 6.27. The molecule has 2 heterocycles. The molecule has 0 atom stereocenters. The third-order valence-corrected chi connectivity index (χ3v) is 2.16. The van der Waals surface area contributed by atoms with Crippen LogP contribution in [-0.2, 0) is 0 Å². The minimum Gasteiger partial charge on any atom is -0.489 e. The maximum absolute atomic E-state index is 11.4. The van der Waals surface area contributed by atoms with Crippen molar-refractivity contribution >= 4 is 21.8 Å². The Hall–Kier alpha value is -1.10. The number of hydrogen-bond donors (Lipinski definition) is 1. The molecule has 1 aromatic rings. The van der Waals surface area contributed by atoms with Crippen molar-refractivity contribution in [1.82, 2.24) is 10.3 Å². The van der Waals surface area contributed by atoms with Crippen LogP contribution >= 0.6 is 15.9 Å². The zero-order chi connectivity index (χ0) is 9.26. The second-order valence-electron chi connectivity index (χ2n) is 2.61. The summed E-state index contributed by atoms with van der Waals surface area (Å²) in [6, 6.07) is 1.65. The van der Waals surface area contributed by atoms with Crippen LogP contribution in [0, 0.1) is 0 Å². The van der Waals surface area contributed by atoms with Crippen LogP contribution < -0.4 is 10.1 Å². The number of halogens is 1. The van der Waals surface area contributed by atoms with Crippen LogP contribution in [0.4, 0.5) is 0 Å². The normalized spacial score (nSPS) is 15.3.